The van der Waals surface area contributed by atoms with Crippen molar-refractivity contribution < 1.29 is 0 Å². The largest absolute Gasteiger partial charge is 0.309 e. The molecule has 0 bridgehead atoms. The van der Waals surface area contributed by atoms with Crippen LogP contribution in [0.15, 0.2) is 146 Å². The molecule has 0 N–H and O–H groups in total. The Labute approximate surface area is 267 Å². The first-order valence-corrected chi connectivity index (χ1v) is 15.6. The quantitative estimate of drug-likeness (QED) is 0.202. The lowest BCUT2D eigenvalue weighted by Gasteiger charge is -2.14. The molecule has 0 saturated heterocycles. The predicted octanol–water partition coefficient (Wildman–Crippen LogP) is 10.6. The first-order valence-electron chi connectivity index (χ1n) is 15.6. The molecule has 1 aliphatic carbocycles. The summed E-state index contributed by atoms with van der Waals surface area (Å²) in [5.41, 5.74) is 11.4. The summed E-state index contributed by atoms with van der Waals surface area (Å²) >= 11 is 0. The fourth-order valence-corrected chi connectivity index (χ4v) is 7.07. The van der Waals surface area contributed by atoms with Crippen molar-refractivity contribution in [2.75, 3.05) is 0 Å². The van der Waals surface area contributed by atoms with Crippen LogP contribution in [0.3, 0.4) is 0 Å². The summed E-state index contributed by atoms with van der Waals surface area (Å²) < 4.78 is 4.66. The molecule has 8 aromatic rings. The first kappa shape index (κ1) is 26.1. The number of benzene rings is 5. The average molecular weight is 586 g/mol. The van der Waals surface area contributed by atoms with Crippen LogP contribution in [0.4, 0.5) is 0 Å². The van der Waals surface area contributed by atoms with Crippen molar-refractivity contribution in [1.29, 1.82) is 5.26 Å². The highest BCUT2D eigenvalue weighted by Gasteiger charge is 2.17. The third-order valence-corrected chi connectivity index (χ3v) is 9.26. The van der Waals surface area contributed by atoms with Gasteiger partial charge in [-0.05, 0) is 89.3 Å². The van der Waals surface area contributed by atoms with Gasteiger partial charge in [0, 0.05) is 27.2 Å². The summed E-state index contributed by atoms with van der Waals surface area (Å²) in [5, 5.41) is 14.2. The SMILES string of the molecule is N#CC1C=CC(c2cccc(-n3c4ccccc4c4ccc(-c5ccc6c(c5)c5ccccc5n6-c5c#cccc5)cc43)c2)=CC1. The number of nitrogens with zero attached hydrogens (tertiary/aromatic N) is 3. The molecule has 46 heavy (non-hydrogen) atoms. The van der Waals surface area contributed by atoms with Gasteiger partial charge in [0.15, 0.2) is 0 Å². The Morgan fingerprint density at radius 1 is 0.609 bits per heavy atom. The number of allylic oxidation sites excluding steroid dienone is 4. The van der Waals surface area contributed by atoms with Gasteiger partial charge in [-0.3, -0.25) is 0 Å². The van der Waals surface area contributed by atoms with Crippen molar-refractivity contribution >= 4 is 49.2 Å². The molecule has 0 saturated carbocycles. The van der Waals surface area contributed by atoms with Gasteiger partial charge in [-0.2, -0.15) is 5.26 Å². The van der Waals surface area contributed by atoms with Gasteiger partial charge in [0.25, 0.3) is 0 Å². The fraction of sp³-hybridized carbons (Fsp3) is 0.0465. The first-order chi connectivity index (χ1) is 22.8. The lowest BCUT2D eigenvalue weighted by atomic mass is 9.94. The number of fused-ring (bicyclic) bond motifs is 6. The molecule has 0 spiro atoms. The molecule has 3 heteroatoms. The van der Waals surface area contributed by atoms with E-state index in [-0.39, 0.29) is 5.92 Å². The molecule has 3 nitrogen and oxygen atoms in total. The van der Waals surface area contributed by atoms with Crippen LogP contribution in [-0.2, 0) is 0 Å². The predicted molar refractivity (Wildman–Crippen MR) is 189 cm³/mol. The van der Waals surface area contributed by atoms with E-state index in [0.717, 1.165) is 40.0 Å². The minimum Gasteiger partial charge on any atom is -0.309 e. The van der Waals surface area contributed by atoms with Crippen molar-refractivity contribution in [2.24, 2.45) is 5.92 Å². The summed E-state index contributed by atoms with van der Waals surface area (Å²) in [5.74, 6) is -0.0476. The second-order valence-corrected chi connectivity index (χ2v) is 11.9. The number of hydrogen-bond donors (Lipinski definition) is 0. The molecular formula is C43H27N3. The van der Waals surface area contributed by atoms with E-state index in [2.05, 4.69) is 155 Å². The molecule has 6 aromatic carbocycles. The lowest BCUT2D eigenvalue weighted by Crippen LogP contribution is -1.98. The van der Waals surface area contributed by atoms with Gasteiger partial charge in [-0.1, -0.05) is 97.1 Å². The second kappa shape index (κ2) is 10.4. The van der Waals surface area contributed by atoms with E-state index >= 15 is 0 Å². The number of para-hydroxylation sites is 2. The molecule has 1 unspecified atom stereocenters. The Hall–Kier alpha value is -6.29. The molecule has 1 aliphatic rings. The highest BCUT2D eigenvalue weighted by molar-refractivity contribution is 6.12. The smallest absolute Gasteiger partial charge is 0.0973 e. The average Bonchev–Trinajstić information content (AvgIpc) is 3.64. The van der Waals surface area contributed by atoms with E-state index in [1.165, 1.54) is 43.7 Å². The molecule has 214 valence electrons. The zero-order chi connectivity index (χ0) is 30.6. The van der Waals surface area contributed by atoms with Gasteiger partial charge in [-0.15, -0.1) is 0 Å². The van der Waals surface area contributed by atoms with E-state index in [0.29, 0.717) is 0 Å². The Kier molecular flexibility index (Phi) is 5.92. The number of hydrogen-bond acceptors (Lipinski definition) is 1. The zero-order valence-electron chi connectivity index (χ0n) is 25.0. The number of aromatic nitrogens is 2. The topological polar surface area (TPSA) is 33.6 Å². The highest BCUT2D eigenvalue weighted by Crippen LogP contribution is 2.38. The monoisotopic (exact) mass is 585 g/mol. The third-order valence-electron chi connectivity index (χ3n) is 9.26. The molecule has 1 atom stereocenters. The van der Waals surface area contributed by atoms with Crippen molar-refractivity contribution in [1.82, 2.24) is 9.13 Å². The van der Waals surface area contributed by atoms with E-state index in [1.807, 2.05) is 18.2 Å². The molecule has 9 rings (SSSR count). The van der Waals surface area contributed by atoms with Crippen molar-refractivity contribution in [3.05, 3.63) is 163 Å². The minimum absolute atomic E-state index is 0.0476. The highest BCUT2D eigenvalue weighted by atomic mass is 15.0. The van der Waals surface area contributed by atoms with Crippen LogP contribution in [-0.4, -0.2) is 9.13 Å². The Bertz CT molecular complexity index is 2570. The summed E-state index contributed by atoms with van der Waals surface area (Å²) in [6, 6.07) is 54.4. The van der Waals surface area contributed by atoms with Gasteiger partial charge in [0.2, 0.25) is 0 Å². The van der Waals surface area contributed by atoms with E-state index in [1.54, 1.807) is 0 Å². The minimum atomic E-state index is -0.0476. The molecule has 0 fully saturated rings. The van der Waals surface area contributed by atoms with Crippen molar-refractivity contribution in [3.8, 4) is 28.6 Å². The van der Waals surface area contributed by atoms with Gasteiger partial charge in [0.1, 0.15) is 0 Å². The Balaban J connectivity index is 1.22. The number of rotatable bonds is 4. The van der Waals surface area contributed by atoms with Crippen LogP contribution in [0.2, 0.25) is 0 Å². The Morgan fingerprint density at radius 3 is 2.13 bits per heavy atom. The zero-order valence-corrected chi connectivity index (χ0v) is 25.0. The van der Waals surface area contributed by atoms with Crippen LogP contribution >= 0.6 is 0 Å². The van der Waals surface area contributed by atoms with Crippen LogP contribution < -0.4 is 0 Å². The summed E-state index contributed by atoms with van der Waals surface area (Å²) in [4.78, 5) is 0. The maximum Gasteiger partial charge on any atom is 0.0973 e. The van der Waals surface area contributed by atoms with Crippen LogP contribution in [0, 0.1) is 29.4 Å². The van der Waals surface area contributed by atoms with E-state index < -0.39 is 0 Å². The summed E-state index contributed by atoms with van der Waals surface area (Å²) in [7, 11) is 0. The second-order valence-electron chi connectivity index (χ2n) is 11.9. The molecule has 2 heterocycles. The normalized spacial score (nSPS) is 14.5. The van der Waals surface area contributed by atoms with Gasteiger partial charge in [0.05, 0.1) is 39.7 Å². The molecule has 2 aromatic heterocycles. The standard InChI is InChI=1S/C43H27N3/c44-28-29-17-19-30(20-18-29)31-9-8-12-35(25-31)46-40-15-6-4-13-36(40)38-23-21-33(27-43(38)46)32-22-24-42-39(26-32)37-14-5-7-16-41(37)45(42)34-10-2-1-3-11-34/h1-2,4-10,12-17,19-27,29H,18H2. The van der Waals surface area contributed by atoms with E-state index in [4.69, 9.17) is 0 Å². The van der Waals surface area contributed by atoms with Gasteiger partial charge >= 0.3 is 0 Å². The lowest BCUT2D eigenvalue weighted by molar-refractivity contribution is 0.840. The van der Waals surface area contributed by atoms with Gasteiger partial charge < -0.3 is 9.13 Å². The molecular weight excluding hydrogens is 558 g/mol. The summed E-state index contributed by atoms with van der Waals surface area (Å²) in [6.45, 7) is 0. The third kappa shape index (κ3) is 4.07. The maximum atomic E-state index is 9.33. The summed E-state index contributed by atoms with van der Waals surface area (Å²) in [6.07, 6.45) is 7.02. The van der Waals surface area contributed by atoms with Crippen molar-refractivity contribution in [3.63, 3.8) is 0 Å². The Morgan fingerprint density at radius 2 is 1.35 bits per heavy atom. The molecule has 0 radical (unpaired) electrons. The fourth-order valence-electron chi connectivity index (χ4n) is 7.07. The van der Waals surface area contributed by atoms with Crippen LogP contribution in [0.5, 0.6) is 0 Å². The number of nitriles is 1. The molecule has 0 aliphatic heterocycles. The van der Waals surface area contributed by atoms with Gasteiger partial charge in [-0.25, -0.2) is 0 Å². The van der Waals surface area contributed by atoms with Crippen LogP contribution in [0.25, 0.3) is 71.7 Å². The van der Waals surface area contributed by atoms with Crippen LogP contribution in [0.1, 0.15) is 12.0 Å². The van der Waals surface area contributed by atoms with Crippen molar-refractivity contribution in [2.45, 2.75) is 6.42 Å². The van der Waals surface area contributed by atoms with E-state index in [9.17, 15) is 5.26 Å². The maximum absolute atomic E-state index is 9.33. The molecule has 0 amide bonds.